The van der Waals surface area contributed by atoms with Gasteiger partial charge in [-0.15, -0.1) is 0 Å². The van der Waals surface area contributed by atoms with E-state index in [1.807, 2.05) is 30.3 Å². The van der Waals surface area contributed by atoms with Crippen LogP contribution in [-0.2, 0) is 18.0 Å². The van der Waals surface area contributed by atoms with Crippen molar-refractivity contribution in [3.05, 3.63) is 59.2 Å². The van der Waals surface area contributed by atoms with E-state index in [4.69, 9.17) is 14.2 Å². The zero-order valence-electron chi connectivity index (χ0n) is 13.0. The second-order valence-corrected chi connectivity index (χ2v) is 5.43. The van der Waals surface area contributed by atoms with Crippen LogP contribution < -0.4 is 9.47 Å². The minimum absolute atomic E-state index is 0.00528. The molecule has 126 valence electrons. The number of benzene rings is 2. The number of hydrogen-bond acceptors (Lipinski definition) is 5. The van der Waals surface area contributed by atoms with E-state index in [1.165, 1.54) is 6.07 Å². The predicted octanol–water partition coefficient (Wildman–Crippen LogP) is 2.23. The molecule has 1 aliphatic rings. The second-order valence-electron chi connectivity index (χ2n) is 5.43. The van der Waals surface area contributed by atoms with Crippen molar-refractivity contribution in [1.29, 1.82) is 0 Å². The van der Waals surface area contributed by atoms with Crippen molar-refractivity contribution in [2.24, 2.45) is 0 Å². The Labute approximate surface area is 139 Å². The molecule has 1 aliphatic heterocycles. The van der Waals surface area contributed by atoms with Crippen LogP contribution in [0, 0.1) is 0 Å². The number of carboxylic acid groups (broad SMARTS) is 1. The molecule has 0 spiro atoms. The highest BCUT2D eigenvalue weighted by Crippen LogP contribution is 2.37. The Kier molecular flexibility index (Phi) is 4.98. The molecule has 0 radical (unpaired) electrons. The molecule has 0 unspecified atom stereocenters. The number of fused-ring (bicyclic) bond motifs is 1. The molecule has 24 heavy (non-hydrogen) atoms. The molecule has 1 atom stereocenters. The molecular formula is C18H18O6. The van der Waals surface area contributed by atoms with Crippen molar-refractivity contribution in [3.8, 4) is 11.5 Å². The van der Waals surface area contributed by atoms with Crippen LogP contribution in [0.4, 0.5) is 0 Å². The smallest absolute Gasteiger partial charge is 0.336 e. The van der Waals surface area contributed by atoms with Crippen LogP contribution in [0.2, 0.25) is 0 Å². The van der Waals surface area contributed by atoms with Crippen molar-refractivity contribution < 1.29 is 29.2 Å². The van der Waals surface area contributed by atoms with Gasteiger partial charge in [0.05, 0.1) is 25.4 Å². The molecule has 6 nitrogen and oxygen atoms in total. The van der Waals surface area contributed by atoms with E-state index in [1.54, 1.807) is 6.07 Å². The van der Waals surface area contributed by atoms with Gasteiger partial charge in [0.1, 0.15) is 6.61 Å². The van der Waals surface area contributed by atoms with Gasteiger partial charge in [0.15, 0.2) is 17.6 Å². The number of ether oxygens (including phenoxy) is 3. The van der Waals surface area contributed by atoms with Gasteiger partial charge in [-0.2, -0.15) is 0 Å². The molecule has 0 bridgehead atoms. The Hall–Kier alpha value is -2.57. The van der Waals surface area contributed by atoms with E-state index in [0.717, 1.165) is 5.56 Å². The number of carboxylic acids is 1. The molecule has 0 aliphatic carbocycles. The highest BCUT2D eigenvalue weighted by molar-refractivity contribution is 5.90. The number of aliphatic hydroxyl groups excluding tert-OH is 1. The van der Waals surface area contributed by atoms with Gasteiger partial charge in [0, 0.05) is 5.56 Å². The molecule has 3 rings (SSSR count). The number of aromatic carboxylic acids is 1. The first-order valence-electron chi connectivity index (χ1n) is 7.60. The topological polar surface area (TPSA) is 85.2 Å². The number of hydrogen-bond donors (Lipinski definition) is 2. The first-order valence-corrected chi connectivity index (χ1v) is 7.60. The molecule has 2 N–H and O–H groups in total. The van der Waals surface area contributed by atoms with E-state index in [-0.39, 0.29) is 23.0 Å². The van der Waals surface area contributed by atoms with Crippen molar-refractivity contribution in [2.45, 2.75) is 19.3 Å². The van der Waals surface area contributed by atoms with E-state index < -0.39 is 12.6 Å². The second kappa shape index (κ2) is 7.33. The van der Waals surface area contributed by atoms with Crippen molar-refractivity contribution in [3.63, 3.8) is 0 Å². The summed E-state index contributed by atoms with van der Waals surface area (Å²) in [6, 6.07) is 12.7. The summed E-state index contributed by atoms with van der Waals surface area (Å²) in [5.74, 6) is -0.409. The van der Waals surface area contributed by atoms with Crippen molar-refractivity contribution >= 4 is 5.97 Å². The summed E-state index contributed by atoms with van der Waals surface area (Å²) in [4.78, 5) is 11.2. The summed E-state index contributed by atoms with van der Waals surface area (Å²) in [7, 11) is 0. The molecule has 2 aromatic rings. The van der Waals surface area contributed by atoms with Gasteiger partial charge >= 0.3 is 5.97 Å². The predicted molar refractivity (Wildman–Crippen MR) is 85.3 cm³/mol. The summed E-state index contributed by atoms with van der Waals surface area (Å²) in [5.41, 5.74) is 1.28. The van der Waals surface area contributed by atoms with Crippen LogP contribution >= 0.6 is 0 Å². The quantitative estimate of drug-likeness (QED) is 0.845. The lowest BCUT2D eigenvalue weighted by atomic mass is 10.1. The summed E-state index contributed by atoms with van der Waals surface area (Å²) >= 11 is 0. The summed E-state index contributed by atoms with van der Waals surface area (Å²) in [6.45, 7) is 0.622. The molecule has 0 aromatic heterocycles. The van der Waals surface area contributed by atoms with Crippen molar-refractivity contribution in [2.75, 3.05) is 13.2 Å². The SMILES string of the molecule is O=C(O)c1ccc2c(c1CO)O[C@H](COCc1ccccc1)CO2. The third-order valence-corrected chi connectivity index (χ3v) is 3.74. The van der Waals surface area contributed by atoms with Gasteiger partial charge in [0.2, 0.25) is 0 Å². The Balaban J connectivity index is 1.67. The fourth-order valence-electron chi connectivity index (χ4n) is 2.55. The van der Waals surface area contributed by atoms with Gasteiger partial charge in [-0.25, -0.2) is 4.79 Å². The number of rotatable bonds is 6. The maximum Gasteiger partial charge on any atom is 0.336 e. The monoisotopic (exact) mass is 330 g/mol. The van der Waals surface area contributed by atoms with Gasteiger partial charge in [0.25, 0.3) is 0 Å². The molecule has 2 aromatic carbocycles. The number of carbonyl (C=O) groups is 1. The van der Waals surface area contributed by atoms with E-state index in [9.17, 15) is 15.0 Å². The lowest BCUT2D eigenvalue weighted by Gasteiger charge is -2.28. The lowest BCUT2D eigenvalue weighted by Crippen LogP contribution is -2.34. The maximum absolute atomic E-state index is 11.2. The summed E-state index contributed by atoms with van der Waals surface area (Å²) in [6.07, 6.45) is -0.365. The Morgan fingerprint density at radius 1 is 1.21 bits per heavy atom. The highest BCUT2D eigenvalue weighted by Gasteiger charge is 2.27. The third-order valence-electron chi connectivity index (χ3n) is 3.74. The zero-order chi connectivity index (χ0) is 16.9. The van der Waals surface area contributed by atoms with Crippen LogP contribution in [-0.4, -0.2) is 35.5 Å². The summed E-state index contributed by atoms with van der Waals surface area (Å²) < 4.78 is 17.1. The van der Waals surface area contributed by atoms with Crippen LogP contribution in [0.5, 0.6) is 11.5 Å². The van der Waals surface area contributed by atoms with Crippen LogP contribution in [0.25, 0.3) is 0 Å². The molecule has 0 saturated carbocycles. The standard InChI is InChI=1S/C18H18O6/c19-8-15-14(18(20)21)6-7-16-17(15)24-13(11-23-16)10-22-9-12-4-2-1-3-5-12/h1-7,13,19H,8-11H2,(H,20,21)/t13-/m1/s1. The van der Waals surface area contributed by atoms with E-state index in [0.29, 0.717) is 25.6 Å². The fourth-order valence-corrected chi connectivity index (χ4v) is 2.55. The first-order chi connectivity index (χ1) is 11.7. The fraction of sp³-hybridized carbons (Fsp3) is 0.278. The van der Waals surface area contributed by atoms with Crippen LogP contribution in [0.15, 0.2) is 42.5 Å². The Morgan fingerprint density at radius 3 is 2.71 bits per heavy atom. The molecule has 0 fully saturated rings. The minimum Gasteiger partial charge on any atom is -0.486 e. The molecule has 0 amide bonds. The largest absolute Gasteiger partial charge is 0.486 e. The average molecular weight is 330 g/mol. The highest BCUT2D eigenvalue weighted by atomic mass is 16.6. The van der Waals surface area contributed by atoms with Gasteiger partial charge in [-0.1, -0.05) is 30.3 Å². The van der Waals surface area contributed by atoms with Crippen LogP contribution in [0.1, 0.15) is 21.5 Å². The normalized spacial score (nSPS) is 16.0. The van der Waals surface area contributed by atoms with E-state index >= 15 is 0 Å². The molecule has 0 saturated heterocycles. The van der Waals surface area contributed by atoms with Crippen molar-refractivity contribution in [1.82, 2.24) is 0 Å². The first kappa shape index (κ1) is 16.3. The Morgan fingerprint density at radius 2 is 2.00 bits per heavy atom. The zero-order valence-corrected chi connectivity index (χ0v) is 13.0. The van der Waals surface area contributed by atoms with Gasteiger partial charge in [-0.05, 0) is 17.7 Å². The third kappa shape index (κ3) is 3.50. The summed E-state index contributed by atoms with van der Waals surface area (Å²) in [5, 5.41) is 18.7. The van der Waals surface area contributed by atoms with Gasteiger partial charge in [-0.3, -0.25) is 0 Å². The average Bonchev–Trinajstić information content (AvgIpc) is 2.61. The lowest BCUT2D eigenvalue weighted by molar-refractivity contribution is 0.00135. The van der Waals surface area contributed by atoms with Crippen LogP contribution in [0.3, 0.4) is 0 Å². The molecule has 1 heterocycles. The Bertz CT molecular complexity index is 713. The van der Waals surface area contributed by atoms with E-state index in [2.05, 4.69) is 0 Å². The molecular weight excluding hydrogens is 312 g/mol. The maximum atomic E-state index is 11.2. The minimum atomic E-state index is -1.12. The number of aliphatic hydroxyl groups is 1. The molecule has 6 heteroatoms. The van der Waals surface area contributed by atoms with Gasteiger partial charge < -0.3 is 24.4 Å².